The summed E-state index contributed by atoms with van der Waals surface area (Å²) in [7, 11) is 0. The molecule has 0 aliphatic carbocycles. The predicted molar refractivity (Wildman–Crippen MR) is 114 cm³/mol. The highest BCUT2D eigenvalue weighted by Crippen LogP contribution is 2.33. The molecule has 5 heteroatoms. The molecule has 0 aliphatic heterocycles. The highest BCUT2D eigenvalue weighted by molar-refractivity contribution is 6.00. The van der Waals surface area contributed by atoms with Gasteiger partial charge in [-0.15, -0.1) is 0 Å². The summed E-state index contributed by atoms with van der Waals surface area (Å²) in [5.41, 5.74) is -0.282. The van der Waals surface area contributed by atoms with Crippen molar-refractivity contribution in [3.63, 3.8) is 0 Å². The summed E-state index contributed by atoms with van der Waals surface area (Å²) < 4.78 is 16.1. The topological polar surface area (TPSA) is 61.8 Å². The zero-order chi connectivity index (χ0) is 21.4. The van der Waals surface area contributed by atoms with Crippen molar-refractivity contribution in [2.75, 3.05) is 19.8 Å². The molecule has 0 N–H and O–H groups in total. The maximum absolute atomic E-state index is 12.7. The Labute approximate surface area is 174 Å². The van der Waals surface area contributed by atoms with Crippen LogP contribution >= 0.6 is 0 Å². The molecule has 0 fully saturated rings. The Morgan fingerprint density at radius 3 is 2.24 bits per heavy atom. The van der Waals surface area contributed by atoms with Crippen LogP contribution in [0.1, 0.15) is 38.7 Å². The zero-order valence-corrected chi connectivity index (χ0v) is 17.5. The highest BCUT2D eigenvalue weighted by Gasteiger charge is 2.47. The first kappa shape index (κ1) is 24.4. The van der Waals surface area contributed by atoms with E-state index in [2.05, 4.69) is 6.58 Å². The molecule has 5 nitrogen and oxygen atoms in total. The van der Waals surface area contributed by atoms with Gasteiger partial charge >= 0.3 is 11.9 Å². The van der Waals surface area contributed by atoms with Crippen molar-refractivity contribution >= 4 is 11.9 Å². The van der Waals surface area contributed by atoms with Gasteiger partial charge in [0.1, 0.15) is 0 Å². The van der Waals surface area contributed by atoms with Crippen LogP contribution < -0.4 is 0 Å². The van der Waals surface area contributed by atoms with Gasteiger partial charge in [-0.05, 0) is 38.7 Å². The third-order valence-electron chi connectivity index (χ3n) is 4.30. The van der Waals surface area contributed by atoms with Crippen LogP contribution in [0.15, 0.2) is 67.3 Å². The first-order valence-electron chi connectivity index (χ1n) is 9.99. The summed E-state index contributed by atoms with van der Waals surface area (Å²) in [5.74, 6) is -1.11. The molecule has 29 heavy (non-hydrogen) atoms. The Balaban J connectivity index is 2.80. The summed E-state index contributed by atoms with van der Waals surface area (Å²) in [6, 6.07) is 9.86. The standard InChI is InChI=1S/C24H32O5/c1-4-7-8-12-17-24(22(25)28-5-2,23(26)29-6-3)18-13-14-19-27-20-21-15-10-9-11-16-21/h4,7-11,13-16H,1,5-6,12,17-20H2,2-3H3/b8-7+,14-13+. The Morgan fingerprint density at radius 2 is 1.66 bits per heavy atom. The SMILES string of the molecule is C=C/C=C/CCC(C/C=C/COCc1ccccc1)(C(=O)OCC)C(=O)OCC. The lowest BCUT2D eigenvalue weighted by Crippen LogP contribution is -2.42. The van der Waals surface area contributed by atoms with E-state index in [-0.39, 0.29) is 19.6 Å². The van der Waals surface area contributed by atoms with Crippen LogP contribution in [0.25, 0.3) is 0 Å². The van der Waals surface area contributed by atoms with Crippen LogP contribution in [0, 0.1) is 5.41 Å². The minimum absolute atomic E-state index is 0.196. The molecular formula is C24H32O5. The third kappa shape index (κ3) is 8.48. The Hall–Kier alpha value is -2.66. The second-order valence-electron chi connectivity index (χ2n) is 6.40. The smallest absolute Gasteiger partial charge is 0.323 e. The molecule has 0 bridgehead atoms. The molecule has 0 spiro atoms. The van der Waals surface area contributed by atoms with Crippen LogP contribution in [0.4, 0.5) is 0 Å². The van der Waals surface area contributed by atoms with E-state index in [9.17, 15) is 9.59 Å². The number of allylic oxidation sites excluding steroid dienone is 4. The van der Waals surface area contributed by atoms with E-state index >= 15 is 0 Å². The third-order valence-corrected chi connectivity index (χ3v) is 4.30. The number of carbonyl (C=O) groups is 2. The number of carbonyl (C=O) groups excluding carboxylic acids is 2. The van der Waals surface area contributed by atoms with E-state index in [1.807, 2.05) is 42.5 Å². The van der Waals surface area contributed by atoms with E-state index in [0.29, 0.717) is 26.1 Å². The maximum atomic E-state index is 12.7. The Morgan fingerprint density at radius 1 is 1.00 bits per heavy atom. The van der Waals surface area contributed by atoms with E-state index in [0.717, 1.165) is 5.56 Å². The molecule has 0 unspecified atom stereocenters. The number of hydrogen-bond donors (Lipinski definition) is 0. The minimum atomic E-state index is -1.37. The lowest BCUT2D eigenvalue weighted by atomic mass is 9.79. The number of esters is 2. The normalized spacial score (nSPS) is 11.7. The minimum Gasteiger partial charge on any atom is -0.465 e. The van der Waals surface area contributed by atoms with Gasteiger partial charge in [0.15, 0.2) is 5.41 Å². The lowest BCUT2D eigenvalue weighted by molar-refractivity contribution is -0.172. The monoisotopic (exact) mass is 400 g/mol. The fraction of sp³-hybridized carbons (Fsp3) is 0.417. The molecule has 0 saturated carbocycles. The average Bonchev–Trinajstić information content (AvgIpc) is 2.73. The first-order chi connectivity index (χ1) is 14.1. The van der Waals surface area contributed by atoms with Crippen LogP contribution in [-0.4, -0.2) is 31.8 Å². The van der Waals surface area contributed by atoms with Gasteiger partial charge in [-0.1, -0.05) is 67.3 Å². The summed E-state index contributed by atoms with van der Waals surface area (Å²) in [6.45, 7) is 8.35. The van der Waals surface area contributed by atoms with Crippen molar-refractivity contribution in [2.24, 2.45) is 5.41 Å². The van der Waals surface area contributed by atoms with E-state index in [4.69, 9.17) is 14.2 Å². The van der Waals surface area contributed by atoms with E-state index in [1.165, 1.54) is 0 Å². The molecule has 0 amide bonds. The number of rotatable bonds is 14. The van der Waals surface area contributed by atoms with Gasteiger partial charge in [0, 0.05) is 0 Å². The molecular weight excluding hydrogens is 368 g/mol. The second kappa shape index (κ2) is 14.4. The van der Waals surface area contributed by atoms with Crippen molar-refractivity contribution in [3.8, 4) is 0 Å². The second-order valence-corrected chi connectivity index (χ2v) is 6.40. The van der Waals surface area contributed by atoms with Gasteiger partial charge in [0.2, 0.25) is 0 Å². The van der Waals surface area contributed by atoms with E-state index in [1.54, 1.807) is 32.1 Å². The molecule has 1 rings (SSSR count). The average molecular weight is 401 g/mol. The highest BCUT2D eigenvalue weighted by atomic mass is 16.6. The van der Waals surface area contributed by atoms with Gasteiger partial charge in [-0.2, -0.15) is 0 Å². The van der Waals surface area contributed by atoms with Gasteiger partial charge in [0.05, 0.1) is 26.4 Å². The quantitative estimate of drug-likeness (QED) is 0.148. The summed E-state index contributed by atoms with van der Waals surface area (Å²) in [5, 5.41) is 0. The first-order valence-corrected chi connectivity index (χ1v) is 9.99. The van der Waals surface area contributed by atoms with Crippen LogP contribution in [0.5, 0.6) is 0 Å². The van der Waals surface area contributed by atoms with Crippen molar-refractivity contribution in [2.45, 2.75) is 39.7 Å². The molecule has 0 saturated heterocycles. The summed E-state index contributed by atoms with van der Waals surface area (Å²) in [4.78, 5) is 25.4. The predicted octanol–water partition coefficient (Wildman–Crippen LogP) is 4.78. The van der Waals surface area contributed by atoms with Gasteiger partial charge < -0.3 is 14.2 Å². The fourth-order valence-electron chi connectivity index (χ4n) is 2.79. The Bertz CT molecular complexity index is 658. The molecule has 0 atom stereocenters. The van der Waals surface area contributed by atoms with E-state index < -0.39 is 17.4 Å². The van der Waals surface area contributed by atoms with Gasteiger partial charge in [-0.3, -0.25) is 9.59 Å². The van der Waals surface area contributed by atoms with Crippen LogP contribution in [0.3, 0.4) is 0 Å². The van der Waals surface area contributed by atoms with Gasteiger partial charge in [-0.25, -0.2) is 0 Å². The zero-order valence-electron chi connectivity index (χ0n) is 17.5. The number of ether oxygens (including phenoxy) is 3. The molecule has 1 aromatic carbocycles. The molecule has 0 aromatic heterocycles. The summed E-state index contributed by atoms with van der Waals surface area (Å²) in [6.07, 6.45) is 9.93. The molecule has 0 aliphatic rings. The molecule has 158 valence electrons. The maximum Gasteiger partial charge on any atom is 0.323 e. The van der Waals surface area contributed by atoms with Crippen molar-refractivity contribution in [3.05, 3.63) is 72.9 Å². The molecule has 0 radical (unpaired) electrons. The fourth-order valence-corrected chi connectivity index (χ4v) is 2.79. The van der Waals surface area contributed by atoms with Crippen LogP contribution in [-0.2, 0) is 30.4 Å². The lowest BCUT2D eigenvalue weighted by Gasteiger charge is -2.27. The summed E-state index contributed by atoms with van der Waals surface area (Å²) >= 11 is 0. The van der Waals surface area contributed by atoms with Crippen LogP contribution in [0.2, 0.25) is 0 Å². The number of hydrogen-bond acceptors (Lipinski definition) is 5. The molecule has 1 aromatic rings. The largest absolute Gasteiger partial charge is 0.465 e. The van der Waals surface area contributed by atoms with Crippen molar-refractivity contribution < 1.29 is 23.8 Å². The number of benzene rings is 1. The Kier molecular flexibility index (Phi) is 12.1. The molecule has 0 heterocycles. The van der Waals surface area contributed by atoms with Crippen molar-refractivity contribution in [1.82, 2.24) is 0 Å². The van der Waals surface area contributed by atoms with Crippen molar-refractivity contribution in [1.29, 1.82) is 0 Å². The van der Waals surface area contributed by atoms with Gasteiger partial charge in [0.25, 0.3) is 0 Å².